The van der Waals surface area contributed by atoms with Crippen molar-refractivity contribution in [1.29, 1.82) is 0 Å². The largest absolute Gasteiger partial charge is 0.479 e. The van der Waals surface area contributed by atoms with Gasteiger partial charge in [0.15, 0.2) is 5.60 Å². The Morgan fingerprint density at radius 3 is 2.42 bits per heavy atom. The number of carboxylic acids is 1. The minimum absolute atomic E-state index is 0.0693. The number of hydrogen-bond donors (Lipinski definition) is 2. The maximum Gasteiger partial charge on any atom is 0.335 e. The van der Waals surface area contributed by atoms with Crippen LogP contribution in [0.3, 0.4) is 0 Å². The Kier molecular flexibility index (Phi) is 3.57. The number of aryl methyl sites for hydroxylation is 1. The van der Waals surface area contributed by atoms with Crippen molar-refractivity contribution in [2.45, 2.75) is 25.4 Å². The average Bonchev–Trinajstić information content (AvgIpc) is 2.38. The van der Waals surface area contributed by atoms with Gasteiger partial charge in [-0.15, -0.1) is 0 Å². The molecule has 0 saturated carbocycles. The van der Waals surface area contributed by atoms with Crippen molar-refractivity contribution in [3.05, 3.63) is 35.4 Å². The molecule has 1 fully saturated rings. The van der Waals surface area contributed by atoms with E-state index < -0.39 is 11.6 Å². The van der Waals surface area contributed by atoms with Gasteiger partial charge in [-0.25, -0.2) is 4.79 Å². The number of aliphatic carboxylic acids is 1. The van der Waals surface area contributed by atoms with Crippen molar-refractivity contribution in [3.63, 3.8) is 0 Å². The van der Waals surface area contributed by atoms with E-state index in [-0.39, 0.29) is 31.8 Å². The maximum absolute atomic E-state index is 12.2. The van der Waals surface area contributed by atoms with Gasteiger partial charge in [0.1, 0.15) is 0 Å². The fourth-order valence-electron chi connectivity index (χ4n) is 2.25. The molecule has 1 aliphatic heterocycles. The Bertz CT molecular complexity index is 504. The van der Waals surface area contributed by atoms with Gasteiger partial charge in [0.05, 0.1) is 0 Å². The summed E-state index contributed by atoms with van der Waals surface area (Å²) in [5.74, 6) is -1.33. The summed E-state index contributed by atoms with van der Waals surface area (Å²) in [5.41, 5.74) is -0.0886. The van der Waals surface area contributed by atoms with Gasteiger partial charge in [0, 0.05) is 31.5 Å². The predicted molar refractivity (Wildman–Crippen MR) is 68.9 cm³/mol. The lowest BCUT2D eigenvalue weighted by molar-refractivity contribution is -0.162. The van der Waals surface area contributed by atoms with Gasteiger partial charge in [0.2, 0.25) is 0 Å². The van der Waals surface area contributed by atoms with E-state index in [0.717, 1.165) is 5.56 Å². The summed E-state index contributed by atoms with van der Waals surface area (Å²) in [6, 6.07) is 7.28. The molecule has 0 aliphatic carbocycles. The van der Waals surface area contributed by atoms with Crippen LogP contribution in [-0.2, 0) is 4.79 Å². The van der Waals surface area contributed by atoms with Gasteiger partial charge in [0.25, 0.3) is 5.91 Å². The Labute approximate surface area is 111 Å². The van der Waals surface area contributed by atoms with Gasteiger partial charge in [-0.3, -0.25) is 4.79 Å². The second kappa shape index (κ2) is 5.01. The summed E-state index contributed by atoms with van der Waals surface area (Å²) in [7, 11) is 0. The lowest BCUT2D eigenvalue weighted by atomic mass is 9.91. The molecule has 2 rings (SSSR count). The van der Waals surface area contributed by atoms with Crippen molar-refractivity contribution in [1.82, 2.24) is 4.90 Å². The predicted octanol–water partition coefficient (Wildman–Crippen LogP) is 1.05. The van der Waals surface area contributed by atoms with E-state index in [2.05, 4.69) is 0 Å². The molecule has 0 unspecified atom stereocenters. The van der Waals surface area contributed by atoms with Gasteiger partial charge in [-0.05, 0) is 19.1 Å². The first-order chi connectivity index (χ1) is 8.92. The van der Waals surface area contributed by atoms with Crippen LogP contribution in [0, 0.1) is 6.92 Å². The van der Waals surface area contributed by atoms with Crippen molar-refractivity contribution < 1.29 is 19.8 Å². The molecule has 1 aromatic rings. The number of carbonyl (C=O) groups excluding carboxylic acids is 1. The lowest BCUT2D eigenvalue weighted by Gasteiger charge is -2.35. The molecule has 0 aromatic heterocycles. The number of aliphatic hydroxyl groups is 1. The molecule has 102 valence electrons. The van der Waals surface area contributed by atoms with E-state index in [1.165, 1.54) is 0 Å². The van der Waals surface area contributed by atoms with Gasteiger partial charge in [-0.2, -0.15) is 0 Å². The molecular weight excluding hydrogens is 246 g/mol. The Balaban J connectivity index is 2.06. The molecule has 0 spiro atoms. The zero-order valence-electron chi connectivity index (χ0n) is 10.8. The minimum atomic E-state index is -1.69. The van der Waals surface area contributed by atoms with Crippen LogP contribution in [0.25, 0.3) is 0 Å². The summed E-state index contributed by atoms with van der Waals surface area (Å²) in [5, 5.41) is 18.7. The topological polar surface area (TPSA) is 77.8 Å². The van der Waals surface area contributed by atoms with Gasteiger partial charge < -0.3 is 15.1 Å². The molecule has 0 atom stereocenters. The Morgan fingerprint density at radius 1 is 1.26 bits per heavy atom. The van der Waals surface area contributed by atoms with Crippen LogP contribution in [0.15, 0.2) is 24.3 Å². The Hall–Kier alpha value is -1.88. The third kappa shape index (κ3) is 2.76. The average molecular weight is 263 g/mol. The number of carboxylic acid groups (broad SMARTS) is 1. The van der Waals surface area contributed by atoms with Crippen LogP contribution in [-0.4, -0.2) is 45.7 Å². The maximum atomic E-state index is 12.2. The highest BCUT2D eigenvalue weighted by molar-refractivity contribution is 5.94. The molecular formula is C14H17NO4. The number of nitrogens with zero attached hydrogens (tertiary/aromatic N) is 1. The van der Waals surface area contributed by atoms with Crippen molar-refractivity contribution in [2.75, 3.05) is 13.1 Å². The van der Waals surface area contributed by atoms with Crippen LogP contribution in [0.2, 0.25) is 0 Å². The fourth-order valence-corrected chi connectivity index (χ4v) is 2.25. The molecule has 1 amide bonds. The molecule has 2 N–H and O–H groups in total. The minimum Gasteiger partial charge on any atom is -0.479 e. The molecule has 1 saturated heterocycles. The monoisotopic (exact) mass is 263 g/mol. The van der Waals surface area contributed by atoms with Crippen molar-refractivity contribution >= 4 is 11.9 Å². The normalized spacial score (nSPS) is 18.1. The molecule has 1 aromatic carbocycles. The summed E-state index contributed by atoms with van der Waals surface area (Å²) in [6.45, 7) is 2.43. The number of piperidine rings is 1. The highest BCUT2D eigenvalue weighted by Gasteiger charge is 2.40. The third-order valence-electron chi connectivity index (χ3n) is 3.54. The van der Waals surface area contributed by atoms with Crippen molar-refractivity contribution in [2.24, 2.45) is 0 Å². The first-order valence-electron chi connectivity index (χ1n) is 6.24. The van der Waals surface area contributed by atoms with Crippen LogP contribution in [0.4, 0.5) is 0 Å². The third-order valence-corrected chi connectivity index (χ3v) is 3.54. The number of hydrogen-bond acceptors (Lipinski definition) is 3. The van der Waals surface area contributed by atoms with Crippen LogP contribution < -0.4 is 0 Å². The van der Waals surface area contributed by atoms with E-state index in [1.807, 2.05) is 19.1 Å². The van der Waals surface area contributed by atoms with Gasteiger partial charge in [-0.1, -0.05) is 17.7 Å². The number of likely N-dealkylation sites (tertiary alicyclic amines) is 1. The molecule has 5 heteroatoms. The SMILES string of the molecule is Cc1cccc(C(=O)N2CCC(O)(C(=O)O)CC2)c1. The molecule has 5 nitrogen and oxygen atoms in total. The van der Waals surface area contributed by atoms with E-state index in [0.29, 0.717) is 5.56 Å². The zero-order valence-corrected chi connectivity index (χ0v) is 10.8. The highest BCUT2D eigenvalue weighted by atomic mass is 16.4. The van der Waals surface area contributed by atoms with E-state index in [4.69, 9.17) is 5.11 Å². The molecule has 1 heterocycles. The fraction of sp³-hybridized carbons (Fsp3) is 0.429. The molecule has 0 bridgehead atoms. The Morgan fingerprint density at radius 2 is 1.89 bits per heavy atom. The van der Waals surface area contributed by atoms with Crippen LogP contribution in [0.1, 0.15) is 28.8 Å². The quantitative estimate of drug-likeness (QED) is 0.836. The van der Waals surface area contributed by atoms with Crippen LogP contribution >= 0.6 is 0 Å². The van der Waals surface area contributed by atoms with Crippen molar-refractivity contribution in [3.8, 4) is 0 Å². The smallest absolute Gasteiger partial charge is 0.335 e. The summed E-state index contributed by atoms with van der Waals surface area (Å²) in [4.78, 5) is 24.7. The summed E-state index contributed by atoms with van der Waals surface area (Å²) >= 11 is 0. The molecule has 1 aliphatic rings. The van der Waals surface area contributed by atoms with E-state index in [9.17, 15) is 14.7 Å². The first-order valence-corrected chi connectivity index (χ1v) is 6.24. The van der Waals surface area contributed by atoms with Gasteiger partial charge >= 0.3 is 5.97 Å². The summed E-state index contributed by atoms with van der Waals surface area (Å²) in [6.07, 6.45) is 0.139. The van der Waals surface area contributed by atoms with E-state index in [1.54, 1.807) is 17.0 Å². The second-order valence-electron chi connectivity index (χ2n) is 5.00. The molecule has 19 heavy (non-hydrogen) atoms. The zero-order chi connectivity index (χ0) is 14.0. The first kappa shape index (κ1) is 13.5. The lowest BCUT2D eigenvalue weighted by Crippen LogP contribution is -2.50. The standard InChI is InChI=1S/C14H17NO4/c1-10-3-2-4-11(9-10)12(16)15-7-5-14(19,6-8-15)13(17)18/h2-4,9,19H,5-8H2,1H3,(H,17,18). The van der Waals surface area contributed by atoms with E-state index >= 15 is 0 Å². The van der Waals surface area contributed by atoms with Crippen LogP contribution in [0.5, 0.6) is 0 Å². The number of benzene rings is 1. The summed E-state index contributed by atoms with van der Waals surface area (Å²) < 4.78 is 0. The number of carbonyl (C=O) groups is 2. The number of rotatable bonds is 2. The second-order valence-corrected chi connectivity index (χ2v) is 5.00. The number of amides is 1. The highest BCUT2D eigenvalue weighted by Crippen LogP contribution is 2.23. The molecule has 0 radical (unpaired) electrons.